The van der Waals surface area contributed by atoms with Gasteiger partial charge in [-0.1, -0.05) is 30.3 Å². The van der Waals surface area contributed by atoms with Gasteiger partial charge in [0, 0.05) is 24.8 Å². The van der Waals surface area contributed by atoms with E-state index in [9.17, 15) is 19.1 Å². The monoisotopic (exact) mass is 446 g/mol. The molecule has 0 aliphatic carbocycles. The first-order valence-electron chi connectivity index (χ1n) is 10.8. The van der Waals surface area contributed by atoms with Gasteiger partial charge in [0.15, 0.2) is 0 Å². The van der Waals surface area contributed by atoms with Crippen LogP contribution in [-0.4, -0.2) is 48.8 Å². The fraction of sp³-hybridized carbons (Fsp3) is 0.240. The zero-order chi connectivity index (χ0) is 23.0. The van der Waals surface area contributed by atoms with Gasteiger partial charge in [0.1, 0.15) is 17.7 Å². The SMILES string of the molecule is O=C(c1ccccc1-c1cccc(F)c1)N1CCC(O)(Cn2cnn3cccc3c2=O)CC1. The van der Waals surface area contributed by atoms with Gasteiger partial charge in [-0.2, -0.15) is 5.10 Å². The molecule has 1 fully saturated rings. The lowest BCUT2D eigenvalue weighted by atomic mass is 9.90. The fourth-order valence-corrected chi connectivity index (χ4v) is 4.42. The highest BCUT2D eigenvalue weighted by molar-refractivity contribution is 6.01. The number of carbonyl (C=O) groups excluding carboxylic acids is 1. The van der Waals surface area contributed by atoms with Crippen molar-refractivity contribution < 1.29 is 14.3 Å². The molecule has 168 valence electrons. The molecule has 0 bridgehead atoms. The standard InChI is InChI=1S/C25H23FN4O3/c26-19-6-3-5-18(15-19)20-7-1-2-8-21(20)23(31)28-13-10-25(33,11-14-28)16-29-17-27-30-12-4-9-22(30)24(29)32/h1-9,12,15,17,33H,10-11,13-14,16H2. The number of likely N-dealkylation sites (tertiary alicyclic amines) is 1. The van der Waals surface area contributed by atoms with E-state index in [1.54, 1.807) is 53.6 Å². The molecule has 0 spiro atoms. The number of amides is 1. The Kier molecular flexibility index (Phi) is 5.30. The number of nitrogens with zero attached hydrogens (tertiary/aromatic N) is 4. The molecule has 8 heteroatoms. The minimum Gasteiger partial charge on any atom is -0.388 e. The lowest BCUT2D eigenvalue weighted by Gasteiger charge is -2.38. The molecule has 1 aliphatic rings. The van der Waals surface area contributed by atoms with E-state index in [1.165, 1.54) is 27.5 Å². The van der Waals surface area contributed by atoms with Crippen LogP contribution in [0.1, 0.15) is 23.2 Å². The zero-order valence-electron chi connectivity index (χ0n) is 17.9. The Morgan fingerprint density at radius 3 is 2.64 bits per heavy atom. The van der Waals surface area contributed by atoms with Gasteiger partial charge in [-0.15, -0.1) is 0 Å². The number of halogens is 1. The molecule has 5 rings (SSSR count). The van der Waals surface area contributed by atoms with Crippen LogP contribution in [0.4, 0.5) is 4.39 Å². The van der Waals surface area contributed by atoms with Crippen molar-refractivity contribution in [3.63, 3.8) is 0 Å². The van der Waals surface area contributed by atoms with E-state index >= 15 is 0 Å². The Morgan fingerprint density at radius 2 is 1.85 bits per heavy atom. The van der Waals surface area contributed by atoms with E-state index in [4.69, 9.17) is 0 Å². The molecule has 0 unspecified atom stereocenters. The second-order valence-electron chi connectivity index (χ2n) is 8.47. The molecule has 0 radical (unpaired) electrons. The molecule has 7 nitrogen and oxygen atoms in total. The first-order chi connectivity index (χ1) is 15.9. The second-order valence-corrected chi connectivity index (χ2v) is 8.47. The van der Waals surface area contributed by atoms with Crippen LogP contribution in [0.5, 0.6) is 0 Å². The third kappa shape index (κ3) is 4.05. The van der Waals surface area contributed by atoms with Gasteiger partial charge in [-0.05, 0) is 54.3 Å². The third-order valence-corrected chi connectivity index (χ3v) is 6.26. The Labute approximate surface area is 189 Å². The molecule has 33 heavy (non-hydrogen) atoms. The smallest absolute Gasteiger partial charge is 0.277 e. The van der Waals surface area contributed by atoms with Gasteiger partial charge in [0.25, 0.3) is 11.5 Å². The van der Waals surface area contributed by atoms with E-state index in [-0.39, 0.29) is 23.8 Å². The molecule has 2 aromatic heterocycles. The molecule has 0 atom stereocenters. The number of carbonyl (C=O) groups is 1. The number of fused-ring (bicyclic) bond motifs is 1. The first kappa shape index (κ1) is 21.1. The molecule has 1 N–H and O–H groups in total. The highest BCUT2D eigenvalue weighted by Crippen LogP contribution is 2.29. The van der Waals surface area contributed by atoms with E-state index in [1.807, 2.05) is 6.07 Å². The highest BCUT2D eigenvalue weighted by Gasteiger charge is 2.35. The van der Waals surface area contributed by atoms with E-state index in [2.05, 4.69) is 5.10 Å². The van der Waals surface area contributed by atoms with Gasteiger partial charge in [-0.3, -0.25) is 14.2 Å². The number of hydrogen-bond acceptors (Lipinski definition) is 4. The van der Waals surface area contributed by atoms with Gasteiger partial charge >= 0.3 is 0 Å². The second kappa shape index (κ2) is 8.29. The fourth-order valence-electron chi connectivity index (χ4n) is 4.42. The summed E-state index contributed by atoms with van der Waals surface area (Å²) in [6, 6.07) is 16.8. The van der Waals surface area contributed by atoms with Crippen molar-refractivity contribution in [2.45, 2.75) is 25.0 Å². The van der Waals surface area contributed by atoms with Crippen LogP contribution in [0.25, 0.3) is 16.6 Å². The van der Waals surface area contributed by atoms with E-state index in [0.29, 0.717) is 48.1 Å². The Balaban J connectivity index is 1.33. The molecule has 0 saturated carbocycles. The summed E-state index contributed by atoms with van der Waals surface area (Å²) in [7, 11) is 0. The largest absolute Gasteiger partial charge is 0.388 e. The summed E-state index contributed by atoms with van der Waals surface area (Å²) in [5.41, 5.74) is 0.914. The molecule has 4 aromatic rings. The van der Waals surface area contributed by atoms with Gasteiger partial charge in [-0.25, -0.2) is 8.91 Å². The van der Waals surface area contributed by atoms with E-state index in [0.717, 1.165) is 0 Å². The molecule has 1 aliphatic heterocycles. The Hall–Kier alpha value is -3.78. The summed E-state index contributed by atoms with van der Waals surface area (Å²) in [6.07, 6.45) is 3.79. The average Bonchev–Trinajstić information content (AvgIpc) is 3.31. The zero-order valence-corrected chi connectivity index (χ0v) is 17.9. The van der Waals surface area contributed by atoms with Crippen LogP contribution in [0.15, 0.2) is 78.0 Å². The number of aromatic nitrogens is 3. The van der Waals surface area contributed by atoms with Gasteiger partial charge < -0.3 is 10.0 Å². The predicted octanol–water partition coefficient (Wildman–Crippen LogP) is 2.97. The van der Waals surface area contributed by atoms with Crippen LogP contribution in [0.2, 0.25) is 0 Å². The summed E-state index contributed by atoms with van der Waals surface area (Å²) in [4.78, 5) is 27.7. The van der Waals surface area contributed by atoms with Gasteiger partial charge in [0.05, 0.1) is 12.1 Å². The lowest BCUT2D eigenvalue weighted by Crippen LogP contribution is -2.49. The van der Waals surface area contributed by atoms with Crippen molar-refractivity contribution in [1.29, 1.82) is 0 Å². The summed E-state index contributed by atoms with van der Waals surface area (Å²) in [6.45, 7) is 0.813. The summed E-state index contributed by atoms with van der Waals surface area (Å²) in [5, 5.41) is 15.3. The number of piperidine rings is 1. The maximum absolute atomic E-state index is 13.7. The Bertz CT molecular complexity index is 1390. The van der Waals surface area contributed by atoms with Crippen molar-refractivity contribution in [2.75, 3.05) is 13.1 Å². The number of aliphatic hydroxyl groups is 1. The number of rotatable bonds is 4. The minimum absolute atomic E-state index is 0.114. The number of benzene rings is 2. The molecule has 2 aromatic carbocycles. The molecular formula is C25H23FN4O3. The van der Waals surface area contributed by atoms with Crippen molar-refractivity contribution in [1.82, 2.24) is 19.1 Å². The minimum atomic E-state index is -1.12. The maximum atomic E-state index is 13.7. The van der Waals surface area contributed by atoms with Crippen molar-refractivity contribution in [2.24, 2.45) is 0 Å². The quantitative estimate of drug-likeness (QED) is 0.523. The molecular weight excluding hydrogens is 423 g/mol. The van der Waals surface area contributed by atoms with Crippen LogP contribution in [-0.2, 0) is 6.54 Å². The average molecular weight is 446 g/mol. The van der Waals surface area contributed by atoms with Crippen molar-refractivity contribution in [3.8, 4) is 11.1 Å². The van der Waals surface area contributed by atoms with Crippen molar-refractivity contribution >= 4 is 11.4 Å². The van der Waals surface area contributed by atoms with Crippen LogP contribution < -0.4 is 5.56 Å². The van der Waals surface area contributed by atoms with Crippen LogP contribution in [0.3, 0.4) is 0 Å². The normalized spacial score (nSPS) is 15.6. The lowest BCUT2D eigenvalue weighted by molar-refractivity contribution is -0.0300. The predicted molar refractivity (Wildman–Crippen MR) is 121 cm³/mol. The maximum Gasteiger partial charge on any atom is 0.277 e. The highest BCUT2D eigenvalue weighted by atomic mass is 19.1. The summed E-state index contributed by atoms with van der Waals surface area (Å²) in [5.74, 6) is -0.522. The van der Waals surface area contributed by atoms with Crippen LogP contribution in [0, 0.1) is 5.82 Å². The Morgan fingerprint density at radius 1 is 1.06 bits per heavy atom. The topological polar surface area (TPSA) is 79.8 Å². The third-order valence-electron chi connectivity index (χ3n) is 6.26. The van der Waals surface area contributed by atoms with E-state index < -0.39 is 5.60 Å². The number of hydrogen-bond donors (Lipinski definition) is 1. The molecule has 3 heterocycles. The summed E-state index contributed by atoms with van der Waals surface area (Å²) < 4.78 is 16.7. The van der Waals surface area contributed by atoms with Crippen LogP contribution >= 0.6 is 0 Å². The molecule has 1 saturated heterocycles. The summed E-state index contributed by atoms with van der Waals surface area (Å²) >= 11 is 0. The van der Waals surface area contributed by atoms with Gasteiger partial charge in [0.2, 0.25) is 0 Å². The first-order valence-corrected chi connectivity index (χ1v) is 10.8. The molecule has 1 amide bonds. The van der Waals surface area contributed by atoms with Crippen molar-refractivity contribution in [3.05, 3.63) is 94.9 Å².